The number of ether oxygens (including phenoxy) is 1. The number of thiophene rings is 1. The molecule has 0 atom stereocenters. The van der Waals surface area contributed by atoms with Crippen molar-refractivity contribution in [1.29, 1.82) is 0 Å². The van der Waals surface area contributed by atoms with Crippen molar-refractivity contribution in [1.82, 2.24) is 9.97 Å². The van der Waals surface area contributed by atoms with Crippen LogP contribution < -0.4 is 10.3 Å². The Morgan fingerprint density at radius 3 is 2.71 bits per heavy atom. The Morgan fingerprint density at radius 2 is 2.00 bits per heavy atom. The Labute approximate surface area is 144 Å². The van der Waals surface area contributed by atoms with Gasteiger partial charge in [-0.05, 0) is 43.2 Å². The number of nitrogens with zero attached hydrogens (tertiary/aromatic N) is 1. The minimum Gasteiger partial charge on any atom is -0.490 e. The average molecular weight is 338 g/mol. The zero-order valence-electron chi connectivity index (χ0n) is 13.6. The third-order valence-corrected chi connectivity index (χ3v) is 4.84. The highest BCUT2D eigenvalue weighted by molar-refractivity contribution is 7.18. The SMILES string of the molecule is C=CCOc1ccc(/C=C/c2nc3sc(C)c(C)c3c(=O)[nH]2)cc1. The third-order valence-electron chi connectivity index (χ3n) is 3.74. The summed E-state index contributed by atoms with van der Waals surface area (Å²) in [5, 5.41) is 0.693. The number of rotatable bonds is 5. The predicted octanol–water partition coefficient (Wildman–Crippen LogP) is 4.34. The lowest BCUT2D eigenvalue weighted by molar-refractivity contribution is 0.363. The zero-order chi connectivity index (χ0) is 17.1. The van der Waals surface area contributed by atoms with E-state index in [-0.39, 0.29) is 5.56 Å². The topological polar surface area (TPSA) is 55.0 Å². The summed E-state index contributed by atoms with van der Waals surface area (Å²) in [6.07, 6.45) is 5.43. The van der Waals surface area contributed by atoms with Crippen LogP contribution in [0.15, 0.2) is 41.7 Å². The lowest BCUT2D eigenvalue weighted by atomic mass is 10.2. The second-order valence-corrected chi connectivity index (χ2v) is 6.62. The van der Waals surface area contributed by atoms with E-state index in [4.69, 9.17) is 4.74 Å². The van der Waals surface area contributed by atoms with Gasteiger partial charge in [-0.1, -0.05) is 30.9 Å². The molecular weight excluding hydrogens is 320 g/mol. The van der Waals surface area contributed by atoms with Gasteiger partial charge in [-0.2, -0.15) is 0 Å². The highest BCUT2D eigenvalue weighted by Gasteiger charge is 2.10. The Balaban J connectivity index is 1.85. The number of aromatic nitrogens is 2. The van der Waals surface area contributed by atoms with Crippen LogP contribution in [0.5, 0.6) is 5.75 Å². The molecule has 5 heteroatoms. The van der Waals surface area contributed by atoms with Crippen molar-refractivity contribution in [2.24, 2.45) is 0 Å². The van der Waals surface area contributed by atoms with Crippen LogP contribution in [0.4, 0.5) is 0 Å². The lowest BCUT2D eigenvalue weighted by Crippen LogP contribution is -2.09. The van der Waals surface area contributed by atoms with Gasteiger partial charge in [0.2, 0.25) is 0 Å². The maximum Gasteiger partial charge on any atom is 0.260 e. The van der Waals surface area contributed by atoms with Crippen LogP contribution in [-0.4, -0.2) is 16.6 Å². The van der Waals surface area contributed by atoms with Gasteiger partial charge in [0.05, 0.1) is 5.39 Å². The van der Waals surface area contributed by atoms with Crippen LogP contribution in [0.1, 0.15) is 21.8 Å². The van der Waals surface area contributed by atoms with E-state index < -0.39 is 0 Å². The van der Waals surface area contributed by atoms with E-state index in [2.05, 4.69) is 16.5 Å². The highest BCUT2D eigenvalue weighted by atomic mass is 32.1. The van der Waals surface area contributed by atoms with E-state index in [0.717, 1.165) is 26.6 Å². The fraction of sp³-hybridized carbons (Fsp3) is 0.158. The van der Waals surface area contributed by atoms with E-state index in [1.54, 1.807) is 17.4 Å². The maximum absolute atomic E-state index is 12.2. The number of fused-ring (bicyclic) bond motifs is 1. The molecule has 1 aromatic carbocycles. The molecule has 0 aliphatic heterocycles. The summed E-state index contributed by atoms with van der Waals surface area (Å²) in [7, 11) is 0. The molecule has 0 aliphatic carbocycles. The van der Waals surface area contributed by atoms with E-state index >= 15 is 0 Å². The van der Waals surface area contributed by atoms with Gasteiger partial charge < -0.3 is 9.72 Å². The summed E-state index contributed by atoms with van der Waals surface area (Å²) in [6.45, 7) is 8.07. The molecule has 4 nitrogen and oxygen atoms in total. The standard InChI is InChI=1S/C19H18N2O2S/c1-4-11-23-15-8-5-14(6-9-15)7-10-16-20-18(22)17-12(2)13(3)24-19(17)21-16/h4-10H,1,11H2,2-3H3,(H,20,21,22)/b10-7+. The normalized spacial score (nSPS) is 11.2. The maximum atomic E-state index is 12.2. The van der Waals surface area contributed by atoms with Gasteiger partial charge in [-0.15, -0.1) is 11.3 Å². The summed E-state index contributed by atoms with van der Waals surface area (Å²) in [5.74, 6) is 1.35. The van der Waals surface area contributed by atoms with Crippen molar-refractivity contribution in [2.45, 2.75) is 13.8 Å². The fourth-order valence-corrected chi connectivity index (χ4v) is 3.39. The van der Waals surface area contributed by atoms with Crippen LogP contribution >= 0.6 is 11.3 Å². The Kier molecular flexibility index (Phi) is 4.62. The number of aryl methyl sites for hydroxylation is 2. The molecule has 3 aromatic rings. The molecule has 2 aromatic heterocycles. The minimum absolute atomic E-state index is 0.0883. The van der Waals surface area contributed by atoms with Crippen molar-refractivity contribution in [3.8, 4) is 5.75 Å². The van der Waals surface area contributed by atoms with Gasteiger partial charge in [0.1, 0.15) is 23.0 Å². The molecule has 0 saturated heterocycles. The summed E-state index contributed by atoms with van der Waals surface area (Å²) in [6, 6.07) is 7.69. The molecule has 0 bridgehead atoms. The Bertz CT molecular complexity index is 965. The first kappa shape index (κ1) is 16.2. The molecule has 0 saturated carbocycles. The number of benzene rings is 1. The van der Waals surface area contributed by atoms with Crippen molar-refractivity contribution < 1.29 is 4.74 Å². The number of hydrogen-bond acceptors (Lipinski definition) is 4. The monoisotopic (exact) mass is 338 g/mol. The molecule has 3 rings (SSSR count). The molecule has 24 heavy (non-hydrogen) atoms. The van der Waals surface area contributed by atoms with Gasteiger partial charge in [0, 0.05) is 4.88 Å². The second kappa shape index (κ2) is 6.84. The van der Waals surface area contributed by atoms with Gasteiger partial charge in [-0.25, -0.2) is 4.98 Å². The van der Waals surface area contributed by atoms with E-state index in [9.17, 15) is 4.79 Å². The number of H-pyrrole nitrogens is 1. The van der Waals surface area contributed by atoms with Crippen LogP contribution in [0.2, 0.25) is 0 Å². The average Bonchev–Trinajstić information content (AvgIpc) is 2.86. The molecule has 0 amide bonds. The van der Waals surface area contributed by atoms with Gasteiger partial charge in [0.15, 0.2) is 0 Å². The summed E-state index contributed by atoms with van der Waals surface area (Å²) >= 11 is 1.55. The van der Waals surface area contributed by atoms with Crippen molar-refractivity contribution in [3.63, 3.8) is 0 Å². The van der Waals surface area contributed by atoms with Crippen molar-refractivity contribution in [2.75, 3.05) is 6.61 Å². The molecule has 0 radical (unpaired) electrons. The number of hydrogen-bond donors (Lipinski definition) is 1. The lowest BCUT2D eigenvalue weighted by Gasteiger charge is -2.02. The van der Waals surface area contributed by atoms with Crippen LogP contribution in [0, 0.1) is 13.8 Å². The van der Waals surface area contributed by atoms with Crippen molar-refractivity contribution in [3.05, 3.63) is 69.1 Å². The largest absolute Gasteiger partial charge is 0.490 e. The fourth-order valence-electron chi connectivity index (χ4n) is 2.36. The highest BCUT2D eigenvalue weighted by Crippen LogP contribution is 2.25. The van der Waals surface area contributed by atoms with Gasteiger partial charge in [0.25, 0.3) is 5.56 Å². The van der Waals surface area contributed by atoms with Crippen LogP contribution in [0.25, 0.3) is 22.4 Å². The zero-order valence-corrected chi connectivity index (χ0v) is 14.4. The third kappa shape index (κ3) is 3.31. The quantitative estimate of drug-likeness (QED) is 0.704. The van der Waals surface area contributed by atoms with Crippen molar-refractivity contribution >= 4 is 33.7 Å². The molecule has 0 unspecified atom stereocenters. The number of aromatic amines is 1. The van der Waals surface area contributed by atoms with E-state index in [1.807, 2.05) is 50.3 Å². The first-order valence-corrected chi connectivity index (χ1v) is 8.42. The molecule has 0 aliphatic rings. The predicted molar refractivity (Wildman–Crippen MR) is 101 cm³/mol. The molecule has 2 heterocycles. The summed E-state index contributed by atoms with van der Waals surface area (Å²) in [5.41, 5.74) is 1.92. The summed E-state index contributed by atoms with van der Waals surface area (Å²) < 4.78 is 5.45. The number of nitrogens with one attached hydrogen (secondary N) is 1. The van der Waals surface area contributed by atoms with E-state index in [0.29, 0.717) is 17.8 Å². The van der Waals surface area contributed by atoms with Gasteiger partial charge >= 0.3 is 0 Å². The minimum atomic E-state index is -0.0883. The Hall–Kier alpha value is -2.66. The molecule has 0 fully saturated rings. The Morgan fingerprint density at radius 1 is 1.25 bits per heavy atom. The molecule has 1 N–H and O–H groups in total. The van der Waals surface area contributed by atoms with E-state index in [1.165, 1.54) is 0 Å². The van der Waals surface area contributed by atoms with Gasteiger partial charge in [-0.3, -0.25) is 4.79 Å². The smallest absolute Gasteiger partial charge is 0.260 e. The second-order valence-electron chi connectivity index (χ2n) is 5.42. The molecule has 122 valence electrons. The molecular formula is C19H18N2O2S. The summed E-state index contributed by atoms with van der Waals surface area (Å²) in [4.78, 5) is 21.5. The van der Waals surface area contributed by atoms with Crippen LogP contribution in [-0.2, 0) is 0 Å². The first-order chi connectivity index (χ1) is 11.6. The van der Waals surface area contributed by atoms with Crippen LogP contribution in [0.3, 0.4) is 0 Å². The molecule has 0 spiro atoms. The first-order valence-electron chi connectivity index (χ1n) is 7.60.